The summed E-state index contributed by atoms with van der Waals surface area (Å²) >= 11 is 1.83. The number of fused-ring (bicyclic) bond motifs is 3. The lowest BCUT2D eigenvalue weighted by atomic mass is 9.91. The third-order valence-electron chi connectivity index (χ3n) is 7.32. The molecule has 6 heteroatoms. The fourth-order valence-corrected chi connectivity index (χ4v) is 6.87. The van der Waals surface area contributed by atoms with E-state index in [-0.39, 0.29) is 6.10 Å². The van der Waals surface area contributed by atoms with E-state index in [1.165, 1.54) is 28.7 Å². The Labute approximate surface area is 183 Å². The van der Waals surface area contributed by atoms with E-state index >= 15 is 0 Å². The largest absolute Gasteiger partial charge is 0.490 e. The molecule has 0 unspecified atom stereocenters. The van der Waals surface area contributed by atoms with Crippen molar-refractivity contribution in [2.45, 2.75) is 82.5 Å². The van der Waals surface area contributed by atoms with E-state index in [0.29, 0.717) is 18.1 Å². The molecule has 1 saturated heterocycles. The first-order valence-corrected chi connectivity index (χ1v) is 12.6. The molecule has 0 spiro atoms. The first-order valence-electron chi connectivity index (χ1n) is 11.8. The molecule has 2 atom stereocenters. The molecule has 30 heavy (non-hydrogen) atoms. The fourth-order valence-electron chi connectivity index (χ4n) is 5.61. The molecule has 2 aromatic rings. The van der Waals surface area contributed by atoms with Crippen LogP contribution in [0.1, 0.15) is 68.2 Å². The average molecular weight is 431 g/mol. The second-order valence-corrected chi connectivity index (χ2v) is 10.2. The number of pyridine rings is 1. The molecular formula is C24H34N2O3S. The number of aromatic nitrogens is 1. The van der Waals surface area contributed by atoms with Gasteiger partial charge in [0, 0.05) is 30.2 Å². The number of aryl methyl sites for hydroxylation is 1. The molecule has 3 heterocycles. The smallest absolute Gasteiger partial charge is 0.131 e. The molecule has 2 aromatic heterocycles. The summed E-state index contributed by atoms with van der Waals surface area (Å²) in [6.45, 7) is 5.97. The van der Waals surface area contributed by atoms with Crippen LogP contribution in [0.15, 0.2) is 12.3 Å². The third-order valence-corrected chi connectivity index (χ3v) is 8.50. The van der Waals surface area contributed by atoms with E-state index < -0.39 is 0 Å². The number of hydrogen-bond donors (Lipinski definition) is 1. The molecule has 5 rings (SSSR count). The molecule has 1 aliphatic heterocycles. The molecule has 0 bridgehead atoms. The minimum atomic E-state index is -0.215. The summed E-state index contributed by atoms with van der Waals surface area (Å²) in [7, 11) is 0. The Morgan fingerprint density at radius 1 is 1.23 bits per heavy atom. The van der Waals surface area contributed by atoms with Gasteiger partial charge in [-0.15, -0.1) is 11.3 Å². The molecule has 0 aromatic carbocycles. The van der Waals surface area contributed by atoms with Gasteiger partial charge >= 0.3 is 0 Å². The van der Waals surface area contributed by atoms with Crippen LogP contribution >= 0.6 is 11.3 Å². The molecule has 5 nitrogen and oxygen atoms in total. The minimum Gasteiger partial charge on any atom is -0.490 e. The Kier molecular flexibility index (Phi) is 6.28. The van der Waals surface area contributed by atoms with Crippen LogP contribution in [-0.2, 0) is 11.2 Å². The van der Waals surface area contributed by atoms with Crippen LogP contribution in [0.5, 0.6) is 5.75 Å². The lowest BCUT2D eigenvalue weighted by molar-refractivity contribution is -0.000920. The molecule has 0 radical (unpaired) electrons. The van der Waals surface area contributed by atoms with E-state index in [9.17, 15) is 5.11 Å². The van der Waals surface area contributed by atoms with Crippen LogP contribution in [0, 0.1) is 0 Å². The summed E-state index contributed by atoms with van der Waals surface area (Å²) in [6, 6.07) is 2.76. The van der Waals surface area contributed by atoms with Crippen molar-refractivity contribution in [1.82, 2.24) is 9.88 Å². The zero-order chi connectivity index (χ0) is 20.5. The molecule has 2 fully saturated rings. The topological polar surface area (TPSA) is 54.8 Å². The molecule has 1 N–H and O–H groups in total. The van der Waals surface area contributed by atoms with Gasteiger partial charge in [-0.05, 0) is 68.9 Å². The SMILES string of the molecule is CC[C@@H](O)C[C@H]1CCc2sc3nccc(OC4CCC(N5CCOCC5)CC4)c3c21. The summed E-state index contributed by atoms with van der Waals surface area (Å²) in [5, 5.41) is 11.5. The molecule has 2 aliphatic carbocycles. The summed E-state index contributed by atoms with van der Waals surface area (Å²) in [5.41, 5.74) is 1.42. The van der Waals surface area contributed by atoms with Gasteiger partial charge in [0.2, 0.25) is 0 Å². The summed E-state index contributed by atoms with van der Waals surface area (Å²) < 4.78 is 12.1. The number of hydrogen-bond acceptors (Lipinski definition) is 6. The zero-order valence-corrected chi connectivity index (χ0v) is 18.8. The second-order valence-electron chi connectivity index (χ2n) is 9.16. The molecule has 1 saturated carbocycles. The van der Waals surface area contributed by atoms with Gasteiger partial charge in [-0.3, -0.25) is 4.90 Å². The van der Waals surface area contributed by atoms with Gasteiger partial charge in [-0.2, -0.15) is 0 Å². The van der Waals surface area contributed by atoms with E-state index in [1.807, 2.05) is 17.5 Å². The highest BCUT2D eigenvalue weighted by Gasteiger charge is 2.32. The molecule has 3 aliphatic rings. The van der Waals surface area contributed by atoms with Crippen molar-refractivity contribution in [3.63, 3.8) is 0 Å². The quantitative estimate of drug-likeness (QED) is 0.731. The predicted molar refractivity (Wildman–Crippen MR) is 121 cm³/mol. The van der Waals surface area contributed by atoms with Crippen molar-refractivity contribution in [1.29, 1.82) is 0 Å². The number of morpholine rings is 1. The molecule has 0 amide bonds. The standard InChI is InChI=1S/C24H34N2O3S/c1-2-18(27)15-16-3-8-21-22(16)23-20(9-10-25-24(23)30-21)29-19-6-4-17(5-7-19)26-11-13-28-14-12-26/h9-10,16-19,27H,2-8,11-15H2,1H3/t16-,17?,18-,19?/m1/s1. The number of ether oxygens (including phenoxy) is 2. The normalized spacial score (nSPS) is 28.5. The van der Waals surface area contributed by atoms with Crippen molar-refractivity contribution in [2.75, 3.05) is 26.3 Å². The van der Waals surface area contributed by atoms with Crippen molar-refractivity contribution in [2.24, 2.45) is 0 Å². The summed E-state index contributed by atoms with van der Waals surface area (Å²) in [6.07, 6.45) is 10.6. The summed E-state index contributed by atoms with van der Waals surface area (Å²) in [5.74, 6) is 1.46. The predicted octanol–water partition coefficient (Wildman–Crippen LogP) is 4.51. The van der Waals surface area contributed by atoms with Crippen molar-refractivity contribution in [3.8, 4) is 5.75 Å². The third kappa shape index (κ3) is 4.12. The lowest BCUT2D eigenvalue weighted by Crippen LogP contribution is -2.46. The van der Waals surface area contributed by atoms with Gasteiger partial charge in [-0.1, -0.05) is 6.92 Å². The first-order chi connectivity index (χ1) is 14.7. The average Bonchev–Trinajstić information content (AvgIpc) is 3.35. The van der Waals surface area contributed by atoms with E-state index in [4.69, 9.17) is 9.47 Å². The Hall–Kier alpha value is -1.21. The molecule has 164 valence electrons. The lowest BCUT2D eigenvalue weighted by Gasteiger charge is -2.38. The number of rotatable bonds is 6. The Bertz CT molecular complexity index is 855. The number of nitrogens with zero attached hydrogens (tertiary/aromatic N) is 2. The Balaban J connectivity index is 1.31. The van der Waals surface area contributed by atoms with Gasteiger partial charge in [0.25, 0.3) is 0 Å². The Morgan fingerprint density at radius 2 is 2.03 bits per heavy atom. The monoisotopic (exact) mass is 430 g/mol. The maximum atomic E-state index is 10.3. The maximum Gasteiger partial charge on any atom is 0.131 e. The van der Waals surface area contributed by atoms with E-state index in [2.05, 4.69) is 22.9 Å². The van der Waals surface area contributed by atoms with Gasteiger partial charge in [0.15, 0.2) is 0 Å². The van der Waals surface area contributed by atoms with Crippen molar-refractivity contribution < 1.29 is 14.6 Å². The van der Waals surface area contributed by atoms with Crippen LogP contribution in [0.4, 0.5) is 0 Å². The Morgan fingerprint density at radius 3 is 2.80 bits per heavy atom. The maximum absolute atomic E-state index is 10.3. The second kappa shape index (κ2) is 9.11. The van der Waals surface area contributed by atoms with Gasteiger partial charge in [0.05, 0.1) is 30.8 Å². The van der Waals surface area contributed by atoms with E-state index in [1.54, 1.807) is 0 Å². The van der Waals surface area contributed by atoms with Crippen molar-refractivity contribution >= 4 is 21.6 Å². The van der Waals surface area contributed by atoms with Crippen molar-refractivity contribution in [3.05, 3.63) is 22.7 Å². The zero-order valence-electron chi connectivity index (χ0n) is 18.0. The highest BCUT2D eigenvalue weighted by atomic mass is 32.1. The fraction of sp³-hybridized carbons (Fsp3) is 0.708. The van der Waals surface area contributed by atoms with Crippen LogP contribution in [0.25, 0.3) is 10.2 Å². The number of aliphatic hydroxyl groups is 1. The summed E-state index contributed by atoms with van der Waals surface area (Å²) in [4.78, 5) is 9.84. The van der Waals surface area contributed by atoms with E-state index in [0.717, 1.165) is 75.4 Å². The van der Waals surface area contributed by atoms with Crippen LogP contribution in [0.2, 0.25) is 0 Å². The van der Waals surface area contributed by atoms with Gasteiger partial charge in [-0.25, -0.2) is 4.98 Å². The van der Waals surface area contributed by atoms with Gasteiger partial charge < -0.3 is 14.6 Å². The van der Waals surface area contributed by atoms with Crippen LogP contribution < -0.4 is 4.74 Å². The number of aliphatic hydroxyl groups excluding tert-OH is 1. The highest BCUT2D eigenvalue weighted by molar-refractivity contribution is 7.19. The molecular weight excluding hydrogens is 396 g/mol. The highest BCUT2D eigenvalue weighted by Crippen LogP contribution is 2.48. The van der Waals surface area contributed by atoms with Crippen LogP contribution in [0.3, 0.4) is 0 Å². The van der Waals surface area contributed by atoms with Crippen LogP contribution in [-0.4, -0.2) is 59.5 Å². The first kappa shape index (κ1) is 20.7. The number of thiophene rings is 1. The van der Waals surface area contributed by atoms with Gasteiger partial charge in [0.1, 0.15) is 10.6 Å². The minimum absolute atomic E-state index is 0.215.